The van der Waals surface area contributed by atoms with Crippen molar-refractivity contribution in [2.45, 2.75) is 45.6 Å². The predicted molar refractivity (Wildman–Crippen MR) is 104 cm³/mol. The van der Waals surface area contributed by atoms with E-state index in [0.29, 0.717) is 25.0 Å². The third-order valence-corrected chi connectivity index (χ3v) is 4.38. The van der Waals surface area contributed by atoms with Gasteiger partial charge in [-0.3, -0.25) is 0 Å². The van der Waals surface area contributed by atoms with E-state index in [1.807, 2.05) is 18.2 Å². The lowest BCUT2D eigenvalue weighted by Gasteiger charge is -2.27. The summed E-state index contributed by atoms with van der Waals surface area (Å²) in [6.07, 6.45) is 6.33. The Morgan fingerprint density at radius 2 is 2.20 bits per heavy atom. The fourth-order valence-electron chi connectivity index (χ4n) is 2.81. The second kappa shape index (κ2) is 12.6. The van der Waals surface area contributed by atoms with Crippen LogP contribution in [0.5, 0.6) is 0 Å². The Morgan fingerprint density at radius 1 is 1.40 bits per heavy atom. The molecule has 0 aromatic heterocycles. The Morgan fingerprint density at radius 3 is 2.80 bits per heavy atom. The number of unbranched alkanes of at least 4 members (excludes halogenated alkanes) is 1. The maximum absolute atomic E-state index is 8.61. The molecule has 0 aliphatic carbocycles. The van der Waals surface area contributed by atoms with Gasteiger partial charge in [0.05, 0.1) is 12.7 Å². The summed E-state index contributed by atoms with van der Waals surface area (Å²) < 4.78 is 6.22. The zero-order valence-corrected chi connectivity index (χ0v) is 16.1. The van der Waals surface area contributed by atoms with Gasteiger partial charge in [0, 0.05) is 18.6 Å². The lowest BCUT2D eigenvalue weighted by Crippen LogP contribution is -2.37. The van der Waals surface area contributed by atoms with E-state index in [1.165, 1.54) is 12.8 Å². The molecule has 1 aromatic rings. The standard InChI is InChI=1S/C19H29ClN4O/c1-4-6-8-15(5-2)18(16-9-7-10-17(20)13-16)25-12-11-23-19(22-3)24-14-21/h7,9-10,13,15,18H,4-6,8,11-12H2,1-3H3,(H2,22,23,24)/t15-,18+/m0/s1. The molecule has 2 atom stereocenters. The summed E-state index contributed by atoms with van der Waals surface area (Å²) >= 11 is 6.18. The van der Waals surface area contributed by atoms with Crippen LogP contribution in [0.15, 0.2) is 29.3 Å². The molecule has 1 aromatic carbocycles. The van der Waals surface area contributed by atoms with Gasteiger partial charge in [-0.15, -0.1) is 4.99 Å². The van der Waals surface area contributed by atoms with Crippen molar-refractivity contribution in [2.24, 2.45) is 10.9 Å². The molecule has 2 N–H and O–H groups in total. The molecule has 0 unspecified atom stereocenters. The third kappa shape index (κ3) is 7.76. The zero-order valence-electron chi connectivity index (χ0n) is 15.4. The van der Waals surface area contributed by atoms with E-state index in [0.717, 1.165) is 23.4 Å². The minimum absolute atomic E-state index is 0.0167. The maximum Gasteiger partial charge on any atom is 0.209 e. The first kappa shape index (κ1) is 21.3. The van der Waals surface area contributed by atoms with Crippen LogP contribution in [0.2, 0.25) is 5.02 Å². The maximum atomic E-state index is 8.61. The highest BCUT2D eigenvalue weighted by molar-refractivity contribution is 6.30. The largest absolute Gasteiger partial charge is 0.371 e. The number of halogens is 1. The minimum atomic E-state index is 0.0167. The van der Waals surface area contributed by atoms with E-state index >= 15 is 0 Å². The van der Waals surface area contributed by atoms with E-state index in [9.17, 15) is 0 Å². The van der Waals surface area contributed by atoms with Crippen LogP contribution in [0.1, 0.15) is 51.2 Å². The van der Waals surface area contributed by atoms with Crippen LogP contribution in [0, 0.1) is 17.4 Å². The molecule has 0 aliphatic heterocycles. The van der Waals surface area contributed by atoms with E-state index in [1.54, 1.807) is 13.2 Å². The Bertz CT molecular complexity index is 571. The van der Waals surface area contributed by atoms with Gasteiger partial charge < -0.3 is 15.4 Å². The van der Waals surface area contributed by atoms with Crippen LogP contribution in [-0.2, 0) is 4.74 Å². The molecule has 0 aliphatic rings. The Labute approximate surface area is 156 Å². The fourth-order valence-corrected chi connectivity index (χ4v) is 3.01. The van der Waals surface area contributed by atoms with Crippen molar-refractivity contribution in [1.82, 2.24) is 10.6 Å². The summed E-state index contributed by atoms with van der Waals surface area (Å²) in [5.74, 6) is 0.901. The minimum Gasteiger partial charge on any atom is -0.371 e. The molecule has 0 bridgehead atoms. The molecular weight excluding hydrogens is 336 g/mol. The lowest BCUT2D eigenvalue weighted by molar-refractivity contribution is 0.00863. The van der Waals surface area contributed by atoms with Crippen LogP contribution >= 0.6 is 11.6 Å². The summed E-state index contributed by atoms with van der Waals surface area (Å²) in [7, 11) is 1.72. The molecule has 138 valence electrons. The van der Waals surface area contributed by atoms with Gasteiger partial charge in [0.25, 0.3) is 0 Å². The fraction of sp³-hybridized carbons (Fsp3) is 0.579. The van der Waals surface area contributed by atoms with E-state index in [4.69, 9.17) is 21.6 Å². The van der Waals surface area contributed by atoms with Gasteiger partial charge in [-0.1, -0.05) is 56.8 Å². The highest BCUT2D eigenvalue weighted by Crippen LogP contribution is 2.33. The number of nitrogens with one attached hydrogen (secondary N) is 2. The Kier molecular flexibility index (Phi) is 10.7. The number of rotatable bonds is 10. The van der Waals surface area contributed by atoms with Crippen molar-refractivity contribution >= 4 is 17.6 Å². The van der Waals surface area contributed by atoms with Gasteiger partial charge >= 0.3 is 0 Å². The number of hydrogen-bond acceptors (Lipinski definition) is 3. The predicted octanol–water partition coefficient (Wildman–Crippen LogP) is 4.26. The molecule has 0 saturated heterocycles. The number of guanidine groups is 1. The molecule has 6 heteroatoms. The summed E-state index contributed by atoms with van der Waals surface area (Å²) in [5.41, 5.74) is 1.12. The first-order valence-electron chi connectivity index (χ1n) is 8.91. The molecule has 25 heavy (non-hydrogen) atoms. The van der Waals surface area contributed by atoms with Crippen LogP contribution in [0.4, 0.5) is 0 Å². The van der Waals surface area contributed by atoms with E-state index in [2.05, 4.69) is 35.5 Å². The highest BCUT2D eigenvalue weighted by Gasteiger charge is 2.22. The number of hydrogen-bond donors (Lipinski definition) is 2. The summed E-state index contributed by atoms with van der Waals surface area (Å²) in [5, 5.41) is 15.2. The smallest absolute Gasteiger partial charge is 0.209 e. The molecular formula is C19H29ClN4O. The van der Waals surface area contributed by atoms with Gasteiger partial charge in [0.2, 0.25) is 12.2 Å². The van der Waals surface area contributed by atoms with Crippen LogP contribution < -0.4 is 10.6 Å². The first-order valence-corrected chi connectivity index (χ1v) is 9.29. The van der Waals surface area contributed by atoms with Crippen LogP contribution in [0.3, 0.4) is 0 Å². The quantitative estimate of drug-likeness (QED) is 0.281. The summed E-state index contributed by atoms with van der Waals surface area (Å²) in [6.45, 7) is 5.51. The van der Waals surface area contributed by atoms with Gasteiger partial charge in [0.15, 0.2) is 0 Å². The van der Waals surface area contributed by atoms with Crippen molar-refractivity contribution in [1.29, 1.82) is 5.26 Å². The number of ether oxygens (including phenoxy) is 1. The third-order valence-electron chi connectivity index (χ3n) is 4.15. The van der Waals surface area contributed by atoms with Gasteiger partial charge in [-0.2, -0.15) is 5.26 Å². The van der Waals surface area contributed by atoms with Crippen molar-refractivity contribution < 1.29 is 4.74 Å². The first-order chi connectivity index (χ1) is 12.2. The molecule has 0 amide bonds. The molecule has 0 spiro atoms. The van der Waals surface area contributed by atoms with Gasteiger partial charge in [0.1, 0.15) is 0 Å². The highest BCUT2D eigenvalue weighted by atomic mass is 35.5. The van der Waals surface area contributed by atoms with Crippen LogP contribution in [-0.4, -0.2) is 26.2 Å². The van der Waals surface area contributed by atoms with E-state index in [-0.39, 0.29) is 6.10 Å². The van der Waals surface area contributed by atoms with Crippen molar-refractivity contribution in [3.63, 3.8) is 0 Å². The van der Waals surface area contributed by atoms with Crippen molar-refractivity contribution in [3.8, 4) is 6.19 Å². The number of aliphatic imine (C=N–C) groups is 1. The average Bonchev–Trinajstić information content (AvgIpc) is 2.62. The topological polar surface area (TPSA) is 69.4 Å². The van der Waals surface area contributed by atoms with Crippen molar-refractivity contribution in [2.75, 3.05) is 20.2 Å². The van der Waals surface area contributed by atoms with Crippen LogP contribution in [0.25, 0.3) is 0 Å². The summed E-state index contributed by atoms with van der Waals surface area (Å²) in [4.78, 5) is 3.65. The second-order valence-electron chi connectivity index (χ2n) is 5.89. The Balaban J connectivity index is 2.74. The zero-order chi connectivity index (χ0) is 18.5. The number of nitriles is 1. The molecule has 0 saturated carbocycles. The molecule has 0 fully saturated rings. The molecule has 0 heterocycles. The average molecular weight is 365 g/mol. The SMILES string of the molecule is CCCC[C@H](CC)[C@@H](OCCN/C(=N\C#N)NC)c1cccc(Cl)c1. The molecule has 5 nitrogen and oxygen atoms in total. The number of nitrogens with zero attached hydrogens (tertiary/aromatic N) is 2. The van der Waals surface area contributed by atoms with Crippen molar-refractivity contribution in [3.05, 3.63) is 34.9 Å². The Hall–Kier alpha value is -1.77. The van der Waals surface area contributed by atoms with Gasteiger partial charge in [-0.05, 0) is 30.0 Å². The van der Waals surface area contributed by atoms with E-state index < -0.39 is 0 Å². The molecule has 1 rings (SSSR count). The van der Waals surface area contributed by atoms with Gasteiger partial charge in [-0.25, -0.2) is 0 Å². The summed E-state index contributed by atoms with van der Waals surface area (Å²) in [6, 6.07) is 7.92. The monoisotopic (exact) mass is 364 g/mol. The normalized spacial score (nSPS) is 13.8. The second-order valence-corrected chi connectivity index (χ2v) is 6.33. The number of benzene rings is 1. The lowest BCUT2D eigenvalue weighted by atomic mass is 9.89. The molecule has 0 radical (unpaired) electrons.